The fourth-order valence-corrected chi connectivity index (χ4v) is 4.42. The molecule has 1 amide bonds. The summed E-state index contributed by atoms with van der Waals surface area (Å²) >= 11 is 0. The molecule has 9 heteroatoms. The minimum absolute atomic E-state index is 0.0204. The van der Waals surface area contributed by atoms with Crippen molar-refractivity contribution in [1.29, 1.82) is 0 Å². The van der Waals surface area contributed by atoms with Crippen molar-refractivity contribution in [2.75, 3.05) is 31.6 Å². The van der Waals surface area contributed by atoms with Crippen molar-refractivity contribution in [1.82, 2.24) is 4.31 Å². The van der Waals surface area contributed by atoms with Gasteiger partial charge in [-0.1, -0.05) is 6.92 Å². The van der Waals surface area contributed by atoms with Crippen molar-refractivity contribution >= 4 is 27.6 Å². The van der Waals surface area contributed by atoms with Crippen molar-refractivity contribution in [3.8, 4) is 5.75 Å². The van der Waals surface area contributed by atoms with Gasteiger partial charge in [-0.15, -0.1) is 0 Å². The van der Waals surface area contributed by atoms with E-state index in [2.05, 4.69) is 5.32 Å². The quantitative estimate of drug-likeness (QED) is 0.640. The highest BCUT2D eigenvalue weighted by molar-refractivity contribution is 7.89. The molecule has 0 aliphatic carbocycles. The molecule has 1 aliphatic rings. The van der Waals surface area contributed by atoms with E-state index in [9.17, 15) is 18.0 Å². The van der Waals surface area contributed by atoms with E-state index in [1.54, 1.807) is 13.0 Å². The molecule has 0 spiro atoms. The number of carbonyl (C=O) groups excluding carboxylic acids is 2. The Morgan fingerprint density at radius 3 is 2.52 bits per heavy atom. The minimum atomic E-state index is -3.71. The van der Waals surface area contributed by atoms with Gasteiger partial charge in [0.2, 0.25) is 10.0 Å². The summed E-state index contributed by atoms with van der Waals surface area (Å²) in [6, 6.07) is 4.45. The summed E-state index contributed by atoms with van der Waals surface area (Å²) in [4.78, 5) is 23.3. The second-order valence-electron chi connectivity index (χ2n) is 6.16. The van der Waals surface area contributed by atoms with Crippen molar-refractivity contribution in [3.05, 3.63) is 18.2 Å². The van der Waals surface area contributed by atoms with Gasteiger partial charge >= 0.3 is 5.97 Å². The third kappa shape index (κ3) is 5.67. The fourth-order valence-electron chi connectivity index (χ4n) is 2.75. The van der Waals surface area contributed by atoms with Gasteiger partial charge in [0.1, 0.15) is 10.6 Å². The van der Waals surface area contributed by atoms with Crippen molar-refractivity contribution in [2.24, 2.45) is 0 Å². The Hall–Kier alpha value is -2.13. The average molecular weight is 398 g/mol. The molecule has 8 nitrogen and oxygen atoms in total. The Labute approximate surface area is 159 Å². The van der Waals surface area contributed by atoms with E-state index in [1.807, 2.05) is 6.92 Å². The predicted molar refractivity (Wildman–Crippen MR) is 100 cm³/mol. The van der Waals surface area contributed by atoms with Crippen LogP contribution in [0.25, 0.3) is 0 Å². The summed E-state index contributed by atoms with van der Waals surface area (Å²) in [5, 5.41) is 2.56. The molecule has 0 aromatic heterocycles. The topological polar surface area (TPSA) is 102 Å². The summed E-state index contributed by atoms with van der Waals surface area (Å²) in [7, 11) is -3.71. The standard InChI is InChI=1S/C18H26N2O6S/c1-3-7-18(22)26-13-17(21)19-14-8-9-15(25-4-2)16(12-14)27(23,24)20-10-5-6-11-20/h8-9,12H,3-7,10-11,13H2,1-2H3,(H,19,21). The van der Waals surface area contributed by atoms with E-state index >= 15 is 0 Å². The van der Waals surface area contributed by atoms with Crippen LogP contribution in [-0.4, -0.2) is 50.9 Å². The van der Waals surface area contributed by atoms with Crippen LogP contribution < -0.4 is 10.1 Å². The Morgan fingerprint density at radius 1 is 1.19 bits per heavy atom. The zero-order valence-electron chi connectivity index (χ0n) is 15.7. The number of anilines is 1. The molecular weight excluding hydrogens is 372 g/mol. The molecule has 0 saturated carbocycles. The van der Waals surface area contributed by atoms with E-state index in [-0.39, 0.29) is 17.1 Å². The van der Waals surface area contributed by atoms with Crippen LogP contribution in [0.4, 0.5) is 5.69 Å². The molecule has 1 saturated heterocycles. The summed E-state index contributed by atoms with van der Waals surface area (Å²) in [5.41, 5.74) is 0.299. The molecule has 1 aliphatic heterocycles. The Kier molecular flexibility index (Phi) is 7.61. The van der Waals surface area contributed by atoms with Crippen molar-refractivity contribution < 1.29 is 27.5 Å². The Bertz CT molecular complexity index is 772. The number of hydrogen-bond acceptors (Lipinski definition) is 6. The highest BCUT2D eigenvalue weighted by atomic mass is 32.2. The molecule has 0 bridgehead atoms. The summed E-state index contributed by atoms with van der Waals surface area (Å²) in [6.45, 7) is 4.45. The Morgan fingerprint density at radius 2 is 1.89 bits per heavy atom. The smallest absolute Gasteiger partial charge is 0.306 e. The third-order valence-electron chi connectivity index (χ3n) is 4.03. The van der Waals surface area contributed by atoms with Gasteiger partial charge in [0.15, 0.2) is 6.61 Å². The maximum atomic E-state index is 12.9. The van der Waals surface area contributed by atoms with Crippen molar-refractivity contribution in [2.45, 2.75) is 44.4 Å². The van der Waals surface area contributed by atoms with E-state index in [0.29, 0.717) is 31.8 Å². The van der Waals surface area contributed by atoms with E-state index in [4.69, 9.17) is 9.47 Å². The molecule has 0 atom stereocenters. The lowest BCUT2D eigenvalue weighted by molar-refractivity contribution is -0.147. The molecule has 1 N–H and O–H groups in total. The lowest BCUT2D eigenvalue weighted by Gasteiger charge is -2.19. The first-order valence-electron chi connectivity index (χ1n) is 9.11. The number of rotatable bonds is 9. The first kappa shape index (κ1) is 21.2. The zero-order valence-corrected chi connectivity index (χ0v) is 16.5. The zero-order chi connectivity index (χ0) is 19.9. The van der Waals surface area contributed by atoms with Crippen LogP contribution in [0.5, 0.6) is 5.75 Å². The van der Waals surface area contributed by atoms with E-state index in [0.717, 1.165) is 12.8 Å². The van der Waals surface area contributed by atoms with Crippen LogP contribution in [0.15, 0.2) is 23.1 Å². The highest BCUT2D eigenvalue weighted by Crippen LogP contribution is 2.31. The largest absolute Gasteiger partial charge is 0.492 e. The summed E-state index contributed by atoms with van der Waals surface area (Å²) < 4.78 is 37.6. The number of hydrogen-bond donors (Lipinski definition) is 1. The number of benzene rings is 1. The number of esters is 1. The second-order valence-corrected chi connectivity index (χ2v) is 8.07. The molecule has 1 aromatic rings. The van der Waals surface area contributed by atoms with Gasteiger partial charge < -0.3 is 14.8 Å². The van der Waals surface area contributed by atoms with Gasteiger partial charge in [-0.05, 0) is 44.4 Å². The number of carbonyl (C=O) groups is 2. The van der Waals surface area contributed by atoms with Gasteiger partial charge in [0.25, 0.3) is 5.91 Å². The van der Waals surface area contributed by atoms with Gasteiger partial charge in [-0.2, -0.15) is 4.31 Å². The van der Waals surface area contributed by atoms with Crippen LogP contribution in [0, 0.1) is 0 Å². The molecule has 27 heavy (non-hydrogen) atoms. The van der Waals surface area contributed by atoms with Gasteiger partial charge in [-0.3, -0.25) is 9.59 Å². The second kappa shape index (κ2) is 9.70. The molecule has 2 rings (SSSR count). The van der Waals surface area contributed by atoms with E-state index < -0.39 is 28.5 Å². The molecule has 0 unspecified atom stereocenters. The number of amides is 1. The first-order chi connectivity index (χ1) is 12.9. The summed E-state index contributed by atoms with van der Waals surface area (Å²) in [5.74, 6) is -0.735. The van der Waals surface area contributed by atoms with Crippen molar-refractivity contribution in [3.63, 3.8) is 0 Å². The number of ether oxygens (including phenoxy) is 2. The molecule has 0 radical (unpaired) electrons. The van der Waals surface area contributed by atoms with Crippen LogP contribution >= 0.6 is 0 Å². The molecular formula is C18H26N2O6S. The number of nitrogens with one attached hydrogen (secondary N) is 1. The van der Waals surface area contributed by atoms with Gasteiger partial charge in [-0.25, -0.2) is 8.42 Å². The van der Waals surface area contributed by atoms with Crippen LogP contribution in [-0.2, 0) is 24.3 Å². The lowest BCUT2D eigenvalue weighted by atomic mass is 10.3. The first-order valence-corrected chi connectivity index (χ1v) is 10.5. The lowest BCUT2D eigenvalue weighted by Crippen LogP contribution is -2.28. The van der Waals surface area contributed by atoms with Crippen LogP contribution in [0.2, 0.25) is 0 Å². The number of sulfonamides is 1. The van der Waals surface area contributed by atoms with Gasteiger partial charge in [0, 0.05) is 25.2 Å². The normalized spacial score (nSPS) is 14.7. The van der Waals surface area contributed by atoms with Crippen LogP contribution in [0.1, 0.15) is 39.5 Å². The van der Waals surface area contributed by atoms with Crippen LogP contribution in [0.3, 0.4) is 0 Å². The number of nitrogens with zero attached hydrogens (tertiary/aromatic N) is 1. The maximum Gasteiger partial charge on any atom is 0.306 e. The summed E-state index contributed by atoms with van der Waals surface area (Å²) in [6.07, 6.45) is 2.52. The third-order valence-corrected chi connectivity index (χ3v) is 5.95. The molecule has 1 heterocycles. The molecule has 150 valence electrons. The highest BCUT2D eigenvalue weighted by Gasteiger charge is 2.30. The Balaban J connectivity index is 2.16. The average Bonchev–Trinajstić information content (AvgIpc) is 3.17. The predicted octanol–water partition coefficient (Wildman–Crippen LogP) is 2.15. The monoisotopic (exact) mass is 398 g/mol. The molecule has 1 fully saturated rings. The van der Waals surface area contributed by atoms with Gasteiger partial charge in [0.05, 0.1) is 6.61 Å². The molecule has 1 aromatic carbocycles. The SMILES string of the molecule is CCCC(=O)OCC(=O)Nc1ccc(OCC)c(S(=O)(=O)N2CCCC2)c1. The fraction of sp³-hybridized carbons (Fsp3) is 0.556. The maximum absolute atomic E-state index is 12.9. The minimum Gasteiger partial charge on any atom is -0.492 e. The van der Waals surface area contributed by atoms with E-state index in [1.165, 1.54) is 16.4 Å².